The van der Waals surface area contributed by atoms with Crippen LogP contribution in [0.5, 0.6) is 11.5 Å². The average molecular weight is 519 g/mol. The van der Waals surface area contributed by atoms with Crippen molar-refractivity contribution in [3.8, 4) is 11.5 Å². The predicted octanol–water partition coefficient (Wildman–Crippen LogP) is 7.22. The fourth-order valence-corrected chi connectivity index (χ4v) is 4.37. The maximum atomic E-state index is 6.56. The van der Waals surface area contributed by atoms with E-state index in [9.17, 15) is 0 Å². The lowest BCUT2D eigenvalue weighted by Gasteiger charge is -2.16. The van der Waals surface area contributed by atoms with Crippen molar-refractivity contribution >= 4 is 45.8 Å². The van der Waals surface area contributed by atoms with Crippen molar-refractivity contribution in [2.24, 2.45) is 0 Å². The van der Waals surface area contributed by atoms with Gasteiger partial charge in [-0.25, -0.2) is 4.98 Å². The summed E-state index contributed by atoms with van der Waals surface area (Å²) in [5, 5.41) is 5.17. The number of hydrogen-bond acceptors (Lipinski definition) is 4. The summed E-state index contributed by atoms with van der Waals surface area (Å²) < 4.78 is 11.8. The first-order valence-corrected chi connectivity index (χ1v) is 12.3. The number of rotatable bonds is 11. The molecule has 0 saturated heterocycles. The van der Waals surface area contributed by atoms with Crippen molar-refractivity contribution < 1.29 is 9.47 Å². The quantitative estimate of drug-likeness (QED) is 0.206. The van der Waals surface area contributed by atoms with E-state index in [0.29, 0.717) is 39.7 Å². The second-order valence-electron chi connectivity index (χ2n) is 7.79. The zero-order chi connectivity index (χ0) is 23.9. The fraction of sp³-hybridized carbons (Fsp3) is 0.269. The minimum absolute atomic E-state index is 0.217. The van der Waals surface area contributed by atoms with E-state index in [-0.39, 0.29) is 6.61 Å². The van der Waals surface area contributed by atoms with Gasteiger partial charge in [-0.1, -0.05) is 53.0 Å². The van der Waals surface area contributed by atoms with Gasteiger partial charge in [-0.2, -0.15) is 0 Å². The maximum absolute atomic E-state index is 6.56. The van der Waals surface area contributed by atoms with Gasteiger partial charge in [0.15, 0.2) is 11.5 Å². The lowest BCUT2D eigenvalue weighted by atomic mass is 10.2. The Hall–Kier alpha value is -2.44. The van der Waals surface area contributed by atoms with Gasteiger partial charge in [-0.3, -0.25) is 0 Å². The molecule has 0 aliphatic heterocycles. The van der Waals surface area contributed by atoms with Crippen molar-refractivity contribution in [2.45, 2.75) is 32.9 Å². The molecule has 0 unspecified atom stereocenters. The minimum Gasteiger partial charge on any atom is -0.490 e. The molecule has 1 heterocycles. The molecule has 0 bridgehead atoms. The highest BCUT2D eigenvalue weighted by molar-refractivity contribution is 6.36. The summed E-state index contributed by atoms with van der Waals surface area (Å²) in [4.78, 5) is 7.99. The van der Waals surface area contributed by atoms with E-state index in [1.165, 1.54) is 0 Å². The van der Waals surface area contributed by atoms with Crippen LogP contribution >= 0.6 is 34.8 Å². The van der Waals surface area contributed by atoms with Gasteiger partial charge >= 0.3 is 0 Å². The molecule has 4 rings (SSSR count). The van der Waals surface area contributed by atoms with Crippen LogP contribution in [0.1, 0.15) is 30.3 Å². The van der Waals surface area contributed by atoms with Gasteiger partial charge < -0.3 is 19.8 Å². The van der Waals surface area contributed by atoms with Crippen LogP contribution in [0.25, 0.3) is 11.0 Å². The molecule has 0 radical (unpaired) electrons. The number of aryl methyl sites for hydroxylation is 1. The van der Waals surface area contributed by atoms with Crippen LogP contribution < -0.4 is 14.8 Å². The predicted molar refractivity (Wildman–Crippen MR) is 140 cm³/mol. The van der Waals surface area contributed by atoms with Crippen molar-refractivity contribution in [3.05, 3.63) is 86.6 Å². The summed E-state index contributed by atoms with van der Waals surface area (Å²) >= 11 is 19.1. The largest absolute Gasteiger partial charge is 0.490 e. The zero-order valence-electron chi connectivity index (χ0n) is 18.8. The Labute approximate surface area is 214 Å². The van der Waals surface area contributed by atoms with E-state index in [1.807, 2.05) is 37.3 Å². The molecule has 178 valence electrons. The number of H-pyrrole nitrogens is 1. The molecule has 0 spiro atoms. The fourth-order valence-electron chi connectivity index (χ4n) is 3.64. The molecule has 2 N–H and O–H groups in total. The Morgan fingerprint density at radius 3 is 2.44 bits per heavy atom. The number of para-hydroxylation sites is 2. The van der Waals surface area contributed by atoms with Gasteiger partial charge in [0.2, 0.25) is 0 Å². The summed E-state index contributed by atoms with van der Waals surface area (Å²) in [6, 6.07) is 17.1. The molecule has 1 aromatic heterocycles. The van der Waals surface area contributed by atoms with E-state index in [4.69, 9.17) is 44.3 Å². The van der Waals surface area contributed by atoms with Crippen molar-refractivity contribution in [2.75, 3.05) is 13.2 Å². The third-order valence-corrected chi connectivity index (χ3v) is 6.43. The number of nitrogens with one attached hydrogen (secondary N) is 2. The monoisotopic (exact) mass is 517 g/mol. The SMILES string of the molecule is CCOc1cc(CNCCCc2nc3ccccc3[nH]2)c(Cl)cc1OCc1c(Cl)cccc1Cl. The Bertz CT molecular complexity index is 1210. The molecule has 0 saturated carbocycles. The van der Waals surface area contributed by atoms with Crippen LogP contribution in [0.2, 0.25) is 15.1 Å². The van der Waals surface area contributed by atoms with Gasteiger partial charge in [0.1, 0.15) is 12.4 Å². The number of nitrogens with zero attached hydrogens (tertiary/aromatic N) is 1. The Morgan fingerprint density at radius 2 is 1.68 bits per heavy atom. The van der Waals surface area contributed by atoms with E-state index < -0.39 is 0 Å². The molecular formula is C26H26Cl3N3O2. The Kier molecular flexibility index (Phi) is 8.57. The lowest BCUT2D eigenvalue weighted by Crippen LogP contribution is -2.16. The molecule has 4 aromatic rings. The molecule has 3 aromatic carbocycles. The molecule has 5 nitrogen and oxygen atoms in total. The molecule has 8 heteroatoms. The van der Waals surface area contributed by atoms with Gasteiger partial charge in [-0.05, 0) is 55.8 Å². The number of fused-ring (bicyclic) bond motifs is 1. The van der Waals surface area contributed by atoms with Crippen LogP contribution in [0.4, 0.5) is 0 Å². The van der Waals surface area contributed by atoms with E-state index in [1.54, 1.807) is 24.3 Å². The van der Waals surface area contributed by atoms with Crippen LogP contribution in [-0.4, -0.2) is 23.1 Å². The van der Waals surface area contributed by atoms with E-state index in [0.717, 1.165) is 47.4 Å². The van der Waals surface area contributed by atoms with Crippen molar-refractivity contribution in [3.63, 3.8) is 0 Å². The Balaban J connectivity index is 1.33. The maximum Gasteiger partial charge on any atom is 0.163 e. The van der Waals surface area contributed by atoms with Crippen molar-refractivity contribution in [1.29, 1.82) is 0 Å². The molecular weight excluding hydrogens is 493 g/mol. The van der Waals surface area contributed by atoms with Gasteiger partial charge in [-0.15, -0.1) is 0 Å². The topological polar surface area (TPSA) is 59.2 Å². The first-order chi connectivity index (χ1) is 16.5. The molecule has 0 aliphatic rings. The molecule has 0 fully saturated rings. The van der Waals surface area contributed by atoms with Crippen LogP contribution in [-0.2, 0) is 19.6 Å². The van der Waals surface area contributed by atoms with Gasteiger partial charge in [0, 0.05) is 39.7 Å². The minimum atomic E-state index is 0.217. The number of benzene rings is 3. The summed E-state index contributed by atoms with van der Waals surface area (Å²) in [5.41, 5.74) is 3.73. The third kappa shape index (κ3) is 6.16. The molecule has 0 amide bonds. The van der Waals surface area contributed by atoms with Crippen LogP contribution in [0.3, 0.4) is 0 Å². The summed E-state index contributed by atoms with van der Waals surface area (Å²) in [7, 11) is 0. The summed E-state index contributed by atoms with van der Waals surface area (Å²) in [5.74, 6) is 2.19. The van der Waals surface area contributed by atoms with Gasteiger partial charge in [0.05, 0.1) is 17.6 Å². The second kappa shape index (κ2) is 11.8. The smallest absolute Gasteiger partial charge is 0.163 e. The third-order valence-electron chi connectivity index (χ3n) is 5.37. The first kappa shape index (κ1) is 24.7. The number of aromatic amines is 1. The van der Waals surface area contributed by atoms with Crippen LogP contribution in [0, 0.1) is 0 Å². The zero-order valence-corrected chi connectivity index (χ0v) is 21.1. The highest BCUT2D eigenvalue weighted by atomic mass is 35.5. The number of aromatic nitrogens is 2. The number of ether oxygens (including phenoxy) is 2. The van der Waals surface area contributed by atoms with Crippen LogP contribution in [0.15, 0.2) is 54.6 Å². The Morgan fingerprint density at radius 1 is 0.912 bits per heavy atom. The van der Waals surface area contributed by atoms with Gasteiger partial charge in [0.25, 0.3) is 0 Å². The number of hydrogen-bond donors (Lipinski definition) is 2. The second-order valence-corrected chi connectivity index (χ2v) is 9.01. The summed E-state index contributed by atoms with van der Waals surface area (Å²) in [6.45, 7) is 4.11. The standard InChI is InChI=1S/C26H26Cl3N3O2/c1-2-33-24-13-17(15-30-12-6-11-26-31-22-9-3-4-10-23(22)32-26)21(29)14-25(24)34-16-18-19(27)7-5-8-20(18)28/h3-5,7-10,13-14,30H,2,6,11-12,15-16H2,1H3,(H,31,32). The summed E-state index contributed by atoms with van der Waals surface area (Å²) in [6.07, 6.45) is 1.83. The highest BCUT2D eigenvalue weighted by Gasteiger charge is 2.13. The number of imidazole rings is 1. The first-order valence-electron chi connectivity index (χ1n) is 11.2. The average Bonchev–Trinajstić information content (AvgIpc) is 3.24. The normalized spacial score (nSPS) is 11.2. The molecule has 34 heavy (non-hydrogen) atoms. The number of halogens is 3. The van der Waals surface area contributed by atoms with E-state index in [2.05, 4.69) is 15.3 Å². The molecule has 0 aliphatic carbocycles. The lowest BCUT2D eigenvalue weighted by molar-refractivity contribution is 0.269. The highest BCUT2D eigenvalue weighted by Crippen LogP contribution is 2.35. The van der Waals surface area contributed by atoms with E-state index >= 15 is 0 Å². The van der Waals surface area contributed by atoms with Crippen molar-refractivity contribution in [1.82, 2.24) is 15.3 Å². The molecule has 0 atom stereocenters.